The number of hydrogen-bond donors (Lipinski definition) is 0. The van der Waals surface area contributed by atoms with Crippen LogP contribution in [0.5, 0.6) is 5.75 Å². The van der Waals surface area contributed by atoms with Gasteiger partial charge in [-0.1, -0.05) is 23.2 Å². The Bertz CT molecular complexity index is 543. The predicted molar refractivity (Wildman–Crippen MR) is 79.1 cm³/mol. The summed E-state index contributed by atoms with van der Waals surface area (Å²) in [5.74, 6) is -1.50. The normalized spacial score (nSPS) is 12.8. The van der Waals surface area contributed by atoms with Crippen molar-refractivity contribution >= 4 is 36.8 Å². The highest BCUT2D eigenvalue weighted by atomic mass is 35.5. The molecule has 0 aliphatic heterocycles. The van der Waals surface area contributed by atoms with Gasteiger partial charge in [0.15, 0.2) is 12.5 Å². The molecule has 1 aromatic carbocycles. The minimum Gasteiger partial charge on any atom is -0.480 e. The molecule has 1 atom stereocenters. The Balaban J connectivity index is 2.56. The van der Waals surface area contributed by atoms with E-state index < -0.39 is 26.0 Å². The van der Waals surface area contributed by atoms with Crippen molar-refractivity contribution in [2.45, 2.75) is 12.8 Å². The maximum absolute atomic E-state index is 12.0. The molecule has 21 heavy (non-hydrogen) atoms. The van der Waals surface area contributed by atoms with E-state index in [-0.39, 0.29) is 10.8 Å². The third-order valence-corrected chi connectivity index (χ3v) is 5.04. The van der Waals surface area contributed by atoms with Crippen molar-refractivity contribution in [2.75, 3.05) is 20.8 Å². The number of halogens is 2. The lowest BCUT2D eigenvalue weighted by molar-refractivity contribution is -0.148. The van der Waals surface area contributed by atoms with Crippen molar-refractivity contribution in [3.05, 3.63) is 28.2 Å². The molecule has 0 aliphatic rings. The topological polar surface area (TPSA) is 71.1 Å². The van der Waals surface area contributed by atoms with Crippen LogP contribution in [0.2, 0.25) is 10.0 Å². The zero-order valence-electron chi connectivity index (χ0n) is 11.7. The van der Waals surface area contributed by atoms with Crippen LogP contribution in [0, 0.1) is 0 Å². The minimum atomic E-state index is -3.48. The fraction of sp³-hybridized carbons (Fsp3) is 0.417. The summed E-state index contributed by atoms with van der Waals surface area (Å²) in [6, 6.07) is 4.58. The third-order valence-electron chi connectivity index (χ3n) is 2.50. The first-order valence-electron chi connectivity index (χ1n) is 5.81. The average molecular weight is 357 g/mol. The second-order valence-corrected chi connectivity index (χ2v) is 7.24. The Labute approximate surface area is 132 Å². The van der Waals surface area contributed by atoms with Crippen LogP contribution in [-0.2, 0) is 23.1 Å². The first kappa shape index (κ1) is 18.3. The summed E-state index contributed by atoms with van der Waals surface area (Å²) in [5.41, 5.74) is 0. The number of hydrogen-bond acceptors (Lipinski definition) is 6. The van der Waals surface area contributed by atoms with Gasteiger partial charge < -0.3 is 18.5 Å². The maximum atomic E-state index is 12.0. The van der Waals surface area contributed by atoms with Crippen LogP contribution < -0.4 is 4.74 Å². The highest BCUT2D eigenvalue weighted by Crippen LogP contribution is 2.51. The number of carbonyl (C=O) groups is 1. The lowest BCUT2D eigenvalue weighted by atomic mass is 10.3. The van der Waals surface area contributed by atoms with E-state index in [1.54, 1.807) is 6.07 Å². The summed E-state index contributed by atoms with van der Waals surface area (Å²) in [6.45, 7) is 1.00. The summed E-state index contributed by atoms with van der Waals surface area (Å²) < 4.78 is 31.5. The molecule has 0 aliphatic carbocycles. The second-order valence-electron chi connectivity index (χ2n) is 3.86. The van der Waals surface area contributed by atoms with E-state index in [0.29, 0.717) is 5.02 Å². The third kappa shape index (κ3) is 5.16. The van der Waals surface area contributed by atoms with Gasteiger partial charge in [-0.3, -0.25) is 4.57 Å². The average Bonchev–Trinajstić information content (AvgIpc) is 2.45. The van der Waals surface area contributed by atoms with E-state index in [9.17, 15) is 9.36 Å². The number of benzene rings is 1. The van der Waals surface area contributed by atoms with Gasteiger partial charge in [-0.25, -0.2) is 4.79 Å². The summed E-state index contributed by atoms with van der Waals surface area (Å²) >= 11 is 11.6. The lowest BCUT2D eigenvalue weighted by Crippen LogP contribution is -2.21. The summed E-state index contributed by atoms with van der Waals surface area (Å²) in [7, 11) is -1.07. The van der Waals surface area contributed by atoms with Gasteiger partial charge in [0.1, 0.15) is 5.75 Å². The highest BCUT2D eigenvalue weighted by molar-refractivity contribution is 7.54. The molecule has 0 heterocycles. The standard InChI is InChI=1S/C12H15Cl2O6P/c1-8(21(16,17-2)18-3)20-12(15)7-19-11-5-4-9(13)6-10(11)14/h4-6,8H,7H2,1-3H3. The van der Waals surface area contributed by atoms with Crippen molar-refractivity contribution in [1.82, 2.24) is 0 Å². The van der Waals surface area contributed by atoms with Crippen molar-refractivity contribution in [3.8, 4) is 5.75 Å². The Kier molecular flexibility index (Phi) is 6.97. The van der Waals surface area contributed by atoms with Crippen LogP contribution in [0.4, 0.5) is 0 Å². The second kappa shape index (κ2) is 8.01. The molecule has 0 amide bonds. The van der Waals surface area contributed by atoms with Crippen LogP contribution in [0.3, 0.4) is 0 Å². The van der Waals surface area contributed by atoms with Crippen LogP contribution >= 0.6 is 30.8 Å². The van der Waals surface area contributed by atoms with E-state index in [1.807, 2.05) is 0 Å². The monoisotopic (exact) mass is 356 g/mol. The fourth-order valence-electron chi connectivity index (χ4n) is 1.39. The molecule has 0 N–H and O–H groups in total. The molecule has 0 saturated carbocycles. The van der Waals surface area contributed by atoms with E-state index >= 15 is 0 Å². The van der Waals surface area contributed by atoms with Gasteiger partial charge in [-0.15, -0.1) is 0 Å². The summed E-state index contributed by atoms with van der Waals surface area (Å²) in [6.07, 6.45) is 0. The molecular weight excluding hydrogens is 342 g/mol. The zero-order chi connectivity index (χ0) is 16.0. The maximum Gasteiger partial charge on any atom is 0.370 e. The molecule has 1 unspecified atom stereocenters. The van der Waals surface area contributed by atoms with Gasteiger partial charge in [0.05, 0.1) is 5.02 Å². The molecule has 0 bridgehead atoms. The molecule has 1 rings (SSSR count). The first-order valence-corrected chi connectivity index (χ1v) is 8.17. The van der Waals surface area contributed by atoms with Crippen LogP contribution in [0.1, 0.15) is 6.92 Å². The Morgan fingerprint density at radius 1 is 1.29 bits per heavy atom. The Morgan fingerprint density at radius 2 is 1.90 bits per heavy atom. The molecule has 0 radical (unpaired) electrons. The van der Waals surface area contributed by atoms with E-state index in [4.69, 9.17) is 41.7 Å². The molecule has 6 nitrogen and oxygen atoms in total. The number of rotatable bonds is 7. The Morgan fingerprint density at radius 3 is 2.43 bits per heavy atom. The zero-order valence-corrected chi connectivity index (χ0v) is 14.1. The quantitative estimate of drug-likeness (QED) is 0.547. The van der Waals surface area contributed by atoms with E-state index in [1.165, 1.54) is 33.3 Å². The molecule has 9 heteroatoms. The predicted octanol–water partition coefficient (Wildman–Crippen LogP) is 3.75. The minimum absolute atomic E-state index is 0.266. The van der Waals surface area contributed by atoms with Gasteiger partial charge in [-0.05, 0) is 25.1 Å². The van der Waals surface area contributed by atoms with E-state index in [2.05, 4.69) is 0 Å². The molecule has 0 saturated heterocycles. The molecule has 0 aromatic heterocycles. The Hall–Kier alpha value is -0.780. The van der Waals surface area contributed by atoms with Gasteiger partial charge in [0, 0.05) is 19.2 Å². The van der Waals surface area contributed by atoms with E-state index in [0.717, 1.165) is 0 Å². The molecule has 118 valence electrons. The summed E-state index contributed by atoms with van der Waals surface area (Å²) in [4.78, 5) is 11.6. The smallest absolute Gasteiger partial charge is 0.370 e. The molecule has 0 spiro atoms. The van der Waals surface area contributed by atoms with Crippen molar-refractivity contribution in [3.63, 3.8) is 0 Å². The fourth-order valence-corrected chi connectivity index (χ4v) is 2.84. The van der Waals surface area contributed by atoms with Crippen molar-refractivity contribution in [2.24, 2.45) is 0 Å². The summed E-state index contributed by atoms with van der Waals surface area (Å²) in [5, 5.41) is 0.715. The van der Waals surface area contributed by atoms with Gasteiger partial charge in [-0.2, -0.15) is 0 Å². The largest absolute Gasteiger partial charge is 0.480 e. The number of carbonyl (C=O) groups excluding carboxylic acids is 1. The molecule has 1 aromatic rings. The lowest BCUT2D eigenvalue weighted by Gasteiger charge is -2.20. The highest BCUT2D eigenvalue weighted by Gasteiger charge is 2.33. The SMILES string of the molecule is COP(=O)(OC)C(C)OC(=O)COc1ccc(Cl)cc1Cl. The molecular formula is C12H15Cl2O6P. The van der Waals surface area contributed by atoms with Crippen molar-refractivity contribution < 1.29 is 27.9 Å². The van der Waals surface area contributed by atoms with Crippen molar-refractivity contribution in [1.29, 1.82) is 0 Å². The van der Waals surface area contributed by atoms with Gasteiger partial charge in [0.2, 0.25) is 0 Å². The number of esters is 1. The van der Waals surface area contributed by atoms with Crippen LogP contribution in [0.15, 0.2) is 18.2 Å². The van der Waals surface area contributed by atoms with Crippen LogP contribution in [0.25, 0.3) is 0 Å². The molecule has 0 fully saturated rings. The van der Waals surface area contributed by atoms with Crippen LogP contribution in [-0.4, -0.2) is 32.6 Å². The first-order chi connectivity index (χ1) is 9.82. The van der Waals surface area contributed by atoms with Gasteiger partial charge in [0.25, 0.3) is 0 Å². The number of ether oxygens (including phenoxy) is 2. The van der Waals surface area contributed by atoms with Gasteiger partial charge >= 0.3 is 13.6 Å².